The van der Waals surface area contributed by atoms with Crippen LogP contribution < -0.4 is 15.4 Å². The number of hydrogen-bond acceptors (Lipinski definition) is 4. The van der Waals surface area contributed by atoms with E-state index in [0.29, 0.717) is 11.8 Å². The van der Waals surface area contributed by atoms with Crippen molar-refractivity contribution in [1.82, 2.24) is 20.4 Å². The van der Waals surface area contributed by atoms with Crippen molar-refractivity contribution < 1.29 is 4.74 Å². The average Bonchev–Trinajstić information content (AvgIpc) is 2.78. The van der Waals surface area contributed by atoms with Crippen LogP contribution in [0.15, 0.2) is 29.3 Å². The molecular weight excluding hydrogens is 501 g/mol. The van der Waals surface area contributed by atoms with Crippen molar-refractivity contribution in [2.45, 2.75) is 40.0 Å². The Morgan fingerprint density at radius 2 is 1.68 bits per heavy atom. The molecule has 0 aromatic heterocycles. The number of likely N-dealkylation sites (N-methyl/N-ethyl adjacent to an activating group) is 1. The van der Waals surface area contributed by atoms with Gasteiger partial charge < -0.3 is 25.2 Å². The summed E-state index contributed by atoms with van der Waals surface area (Å²) in [6.07, 6.45) is 1.06. The van der Waals surface area contributed by atoms with Gasteiger partial charge in [-0.2, -0.15) is 0 Å². The van der Waals surface area contributed by atoms with Gasteiger partial charge in [-0.15, -0.1) is 24.0 Å². The first kappa shape index (κ1) is 28.0. The van der Waals surface area contributed by atoms with Gasteiger partial charge in [0.2, 0.25) is 0 Å². The summed E-state index contributed by atoms with van der Waals surface area (Å²) >= 11 is 0. The number of ether oxygens (including phenoxy) is 1. The van der Waals surface area contributed by atoms with Crippen molar-refractivity contribution >= 4 is 29.9 Å². The fourth-order valence-electron chi connectivity index (χ4n) is 3.88. The minimum Gasteiger partial charge on any atom is -0.497 e. The highest BCUT2D eigenvalue weighted by Gasteiger charge is 2.17. The lowest BCUT2D eigenvalue weighted by Gasteiger charge is -2.35. The number of hydrogen-bond donors (Lipinski definition) is 2. The van der Waals surface area contributed by atoms with Crippen LogP contribution >= 0.6 is 24.0 Å². The summed E-state index contributed by atoms with van der Waals surface area (Å²) in [5.41, 5.74) is 1.34. The van der Waals surface area contributed by atoms with Gasteiger partial charge in [0.15, 0.2) is 5.96 Å². The SMILES string of the molecule is CCNC(=NCC(C)CN1CCN(CC)CC1)NCCC(C)c1ccc(OC)cc1.I. The molecule has 0 saturated carbocycles. The van der Waals surface area contributed by atoms with Gasteiger partial charge in [-0.1, -0.05) is 32.9 Å². The molecule has 0 bridgehead atoms. The highest BCUT2D eigenvalue weighted by Crippen LogP contribution is 2.21. The van der Waals surface area contributed by atoms with Crippen LogP contribution in [0.5, 0.6) is 5.75 Å². The Kier molecular flexibility index (Phi) is 14.2. The lowest BCUT2D eigenvalue weighted by molar-refractivity contribution is 0.125. The first-order chi connectivity index (χ1) is 14.5. The molecule has 1 aliphatic heterocycles. The number of benzene rings is 1. The second kappa shape index (κ2) is 15.7. The van der Waals surface area contributed by atoms with Gasteiger partial charge in [0.05, 0.1) is 7.11 Å². The molecule has 1 fully saturated rings. The van der Waals surface area contributed by atoms with E-state index in [1.807, 2.05) is 12.1 Å². The molecule has 2 unspecified atom stereocenters. The van der Waals surface area contributed by atoms with E-state index in [1.54, 1.807) is 7.11 Å². The number of guanidine groups is 1. The van der Waals surface area contributed by atoms with Crippen LogP contribution in [0.3, 0.4) is 0 Å². The second-order valence-electron chi connectivity index (χ2n) is 8.45. The van der Waals surface area contributed by atoms with Gasteiger partial charge in [0.25, 0.3) is 0 Å². The number of halogens is 1. The lowest BCUT2D eigenvalue weighted by Crippen LogP contribution is -2.47. The Hall–Kier alpha value is -1.06. The van der Waals surface area contributed by atoms with Gasteiger partial charge in [-0.3, -0.25) is 4.99 Å². The summed E-state index contributed by atoms with van der Waals surface area (Å²) in [6.45, 7) is 18.7. The molecule has 2 rings (SSSR count). The smallest absolute Gasteiger partial charge is 0.191 e. The minimum atomic E-state index is 0. The maximum Gasteiger partial charge on any atom is 0.191 e. The Morgan fingerprint density at radius 3 is 2.26 bits per heavy atom. The van der Waals surface area contributed by atoms with Crippen molar-refractivity contribution in [2.75, 3.05) is 66.0 Å². The third kappa shape index (κ3) is 10.4. The van der Waals surface area contributed by atoms with Crippen LogP contribution in [0.1, 0.15) is 45.6 Å². The van der Waals surface area contributed by atoms with Crippen molar-refractivity contribution in [1.29, 1.82) is 0 Å². The number of nitrogens with zero attached hydrogens (tertiary/aromatic N) is 3. The van der Waals surface area contributed by atoms with Gasteiger partial charge >= 0.3 is 0 Å². The van der Waals surface area contributed by atoms with E-state index in [2.05, 4.69) is 60.3 Å². The zero-order chi connectivity index (χ0) is 21.8. The van der Waals surface area contributed by atoms with E-state index < -0.39 is 0 Å². The van der Waals surface area contributed by atoms with E-state index in [-0.39, 0.29) is 24.0 Å². The Labute approximate surface area is 207 Å². The summed E-state index contributed by atoms with van der Waals surface area (Å²) in [7, 11) is 1.71. The summed E-state index contributed by atoms with van der Waals surface area (Å²) in [5, 5.41) is 6.90. The molecule has 0 spiro atoms. The van der Waals surface area contributed by atoms with Crippen LogP contribution in [-0.2, 0) is 0 Å². The summed E-state index contributed by atoms with van der Waals surface area (Å²) < 4.78 is 5.25. The molecule has 178 valence electrons. The molecule has 0 aliphatic carbocycles. The van der Waals surface area contributed by atoms with Crippen molar-refractivity contribution in [3.63, 3.8) is 0 Å². The van der Waals surface area contributed by atoms with Crippen molar-refractivity contribution in [3.8, 4) is 5.75 Å². The Morgan fingerprint density at radius 1 is 1.03 bits per heavy atom. The van der Waals surface area contributed by atoms with Gasteiger partial charge in [0.1, 0.15) is 5.75 Å². The van der Waals surface area contributed by atoms with E-state index >= 15 is 0 Å². The molecule has 1 heterocycles. The quantitative estimate of drug-likeness (QED) is 0.253. The maximum absolute atomic E-state index is 5.25. The molecule has 1 aliphatic rings. The predicted molar refractivity (Wildman–Crippen MR) is 143 cm³/mol. The summed E-state index contributed by atoms with van der Waals surface area (Å²) in [6, 6.07) is 8.39. The van der Waals surface area contributed by atoms with E-state index in [1.165, 1.54) is 38.3 Å². The largest absolute Gasteiger partial charge is 0.497 e. The Balaban J connectivity index is 0.00000480. The van der Waals surface area contributed by atoms with Crippen LogP contribution in [0.4, 0.5) is 0 Å². The fourth-order valence-corrected chi connectivity index (χ4v) is 3.88. The number of piperazine rings is 1. The predicted octanol–water partition coefficient (Wildman–Crippen LogP) is 3.64. The zero-order valence-electron chi connectivity index (χ0n) is 20.2. The molecule has 1 saturated heterocycles. The molecule has 1 aromatic rings. The van der Waals surface area contributed by atoms with Crippen LogP contribution in [0, 0.1) is 5.92 Å². The molecule has 2 N–H and O–H groups in total. The Bertz CT molecular complexity index is 617. The number of methoxy groups -OCH3 is 1. The van der Waals surface area contributed by atoms with Gasteiger partial charge in [-0.05, 0) is 49.4 Å². The van der Waals surface area contributed by atoms with Crippen molar-refractivity contribution in [2.24, 2.45) is 10.9 Å². The topological polar surface area (TPSA) is 52.1 Å². The average molecular weight is 546 g/mol. The first-order valence-corrected chi connectivity index (χ1v) is 11.7. The van der Waals surface area contributed by atoms with E-state index in [9.17, 15) is 0 Å². The molecule has 1 aromatic carbocycles. The summed E-state index contributed by atoms with van der Waals surface area (Å²) in [4.78, 5) is 9.96. The standard InChI is InChI=1S/C24H43N5O.HI/c1-6-25-24(26-13-12-21(4)22-8-10-23(30-5)11-9-22)27-18-20(3)19-29-16-14-28(7-2)15-17-29;/h8-11,20-21H,6-7,12-19H2,1-5H3,(H2,25,26,27);1H. The van der Waals surface area contributed by atoms with Crippen LogP contribution in [0.2, 0.25) is 0 Å². The third-order valence-electron chi connectivity index (χ3n) is 5.94. The zero-order valence-corrected chi connectivity index (χ0v) is 22.5. The molecule has 2 atom stereocenters. The van der Waals surface area contributed by atoms with Gasteiger partial charge in [0, 0.05) is 52.4 Å². The van der Waals surface area contributed by atoms with E-state index in [0.717, 1.165) is 44.3 Å². The van der Waals surface area contributed by atoms with Crippen LogP contribution in [-0.4, -0.2) is 81.8 Å². The molecule has 31 heavy (non-hydrogen) atoms. The van der Waals surface area contributed by atoms with Crippen LogP contribution in [0.25, 0.3) is 0 Å². The lowest BCUT2D eigenvalue weighted by atomic mass is 9.98. The molecular formula is C24H44IN5O. The highest BCUT2D eigenvalue weighted by molar-refractivity contribution is 14.0. The minimum absolute atomic E-state index is 0. The van der Waals surface area contributed by atoms with Gasteiger partial charge in [-0.25, -0.2) is 0 Å². The van der Waals surface area contributed by atoms with E-state index in [4.69, 9.17) is 9.73 Å². The fraction of sp³-hybridized carbons (Fsp3) is 0.708. The molecule has 0 radical (unpaired) electrons. The maximum atomic E-state index is 5.25. The normalized spacial score (nSPS) is 17.5. The summed E-state index contributed by atoms with van der Waals surface area (Å²) in [5.74, 6) is 2.90. The third-order valence-corrected chi connectivity index (χ3v) is 5.94. The highest BCUT2D eigenvalue weighted by atomic mass is 127. The monoisotopic (exact) mass is 545 g/mol. The van der Waals surface area contributed by atoms with Crippen molar-refractivity contribution in [3.05, 3.63) is 29.8 Å². The number of nitrogens with one attached hydrogen (secondary N) is 2. The molecule has 0 amide bonds. The number of aliphatic imine (C=N–C) groups is 1. The molecule has 6 nitrogen and oxygen atoms in total. The first-order valence-electron chi connectivity index (χ1n) is 11.7. The number of rotatable bonds is 11. The second-order valence-corrected chi connectivity index (χ2v) is 8.45. The molecule has 7 heteroatoms.